The smallest absolute Gasteiger partial charge is 0.159 e. The molecule has 0 radical (unpaired) electrons. The van der Waals surface area contributed by atoms with Crippen molar-refractivity contribution in [2.45, 2.75) is 25.8 Å². The third kappa shape index (κ3) is 4.68. The molecule has 3 N–H and O–H groups in total. The molecule has 1 aromatic carbocycles. The number of hydrogen-bond donors (Lipinski definition) is 2. The van der Waals surface area contributed by atoms with Gasteiger partial charge in [0.1, 0.15) is 0 Å². The standard InChI is InChI=1S/C13H20F2N2O/c1-9(8-18-2)5-11(17-16)6-10-3-4-12(14)13(15)7-10/h3-4,7,9,11,17H,5-6,8,16H2,1-2H3. The molecule has 0 amide bonds. The van der Waals surface area contributed by atoms with Crippen molar-refractivity contribution in [2.24, 2.45) is 11.8 Å². The number of ether oxygens (including phenoxy) is 1. The monoisotopic (exact) mass is 258 g/mol. The first-order valence-corrected chi connectivity index (χ1v) is 5.95. The number of benzene rings is 1. The van der Waals surface area contributed by atoms with Gasteiger partial charge in [-0.05, 0) is 36.5 Å². The summed E-state index contributed by atoms with van der Waals surface area (Å²) in [6, 6.07) is 3.93. The molecule has 18 heavy (non-hydrogen) atoms. The van der Waals surface area contributed by atoms with Crippen LogP contribution in [0.2, 0.25) is 0 Å². The van der Waals surface area contributed by atoms with Gasteiger partial charge in [-0.15, -0.1) is 0 Å². The van der Waals surface area contributed by atoms with E-state index in [1.807, 2.05) is 0 Å². The molecular formula is C13H20F2N2O. The Balaban J connectivity index is 2.59. The first-order chi connectivity index (χ1) is 8.56. The molecule has 2 unspecified atom stereocenters. The van der Waals surface area contributed by atoms with Crippen LogP contribution in [0.15, 0.2) is 18.2 Å². The van der Waals surface area contributed by atoms with E-state index in [9.17, 15) is 8.78 Å². The molecule has 0 aliphatic carbocycles. The van der Waals surface area contributed by atoms with Gasteiger partial charge < -0.3 is 4.74 Å². The third-order valence-corrected chi connectivity index (χ3v) is 2.84. The number of methoxy groups -OCH3 is 1. The zero-order valence-corrected chi connectivity index (χ0v) is 10.7. The summed E-state index contributed by atoms with van der Waals surface area (Å²) >= 11 is 0. The lowest BCUT2D eigenvalue weighted by atomic mass is 9.97. The van der Waals surface area contributed by atoms with Crippen molar-refractivity contribution >= 4 is 0 Å². The van der Waals surface area contributed by atoms with Crippen LogP contribution in [0.5, 0.6) is 0 Å². The largest absolute Gasteiger partial charge is 0.384 e. The molecule has 1 aromatic rings. The Morgan fingerprint density at radius 1 is 1.33 bits per heavy atom. The minimum absolute atomic E-state index is 0.0139. The Kier molecular flexibility index (Phi) is 6.18. The Hall–Kier alpha value is -1.04. The zero-order chi connectivity index (χ0) is 13.5. The molecule has 0 aromatic heterocycles. The zero-order valence-electron chi connectivity index (χ0n) is 10.7. The maximum absolute atomic E-state index is 13.1. The Morgan fingerprint density at radius 2 is 2.06 bits per heavy atom. The van der Waals surface area contributed by atoms with E-state index in [1.54, 1.807) is 13.2 Å². The fourth-order valence-electron chi connectivity index (χ4n) is 2.00. The second kappa shape index (κ2) is 7.41. The SMILES string of the molecule is COCC(C)CC(Cc1ccc(F)c(F)c1)NN. The maximum atomic E-state index is 13.1. The van der Waals surface area contributed by atoms with Gasteiger partial charge >= 0.3 is 0 Å². The summed E-state index contributed by atoms with van der Waals surface area (Å²) < 4.78 is 30.9. The summed E-state index contributed by atoms with van der Waals surface area (Å²) in [6.45, 7) is 2.70. The number of nitrogens with two attached hydrogens (primary N) is 1. The molecule has 0 saturated heterocycles. The van der Waals surface area contributed by atoms with Gasteiger partial charge in [-0.2, -0.15) is 0 Å². The molecule has 0 aliphatic heterocycles. The van der Waals surface area contributed by atoms with Crippen molar-refractivity contribution in [1.82, 2.24) is 5.43 Å². The first kappa shape index (κ1) is 15.0. The van der Waals surface area contributed by atoms with Crippen LogP contribution in [0.3, 0.4) is 0 Å². The molecule has 102 valence electrons. The van der Waals surface area contributed by atoms with E-state index in [-0.39, 0.29) is 6.04 Å². The highest BCUT2D eigenvalue weighted by molar-refractivity contribution is 5.18. The average Bonchev–Trinajstić information content (AvgIpc) is 2.33. The lowest BCUT2D eigenvalue weighted by Gasteiger charge is -2.20. The van der Waals surface area contributed by atoms with Crippen LogP contribution in [0, 0.1) is 17.6 Å². The predicted octanol–water partition coefficient (Wildman–Crippen LogP) is 2.01. The molecule has 2 atom stereocenters. The van der Waals surface area contributed by atoms with Gasteiger partial charge in [0.15, 0.2) is 11.6 Å². The molecule has 1 rings (SSSR count). The Morgan fingerprint density at radius 3 is 2.61 bits per heavy atom. The lowest BCUT2D eigenvalue weighted by Crippen LogP contribution is -2.38. The minimum atomic E-state index is -0.830. The molecule has 0 saturated carbocycles. The molecule has 0 spiro atoms. The van der Waals surface area contributed by atoms with Gasteiger partial charge in [0.2, 0.25) is 0 Å². The van der Waals surface area contributed by atoms with Crippen LogP contribution in [-0.2, 0) is 11.2 Å². The molecule has 0 bridgehead atoms. The Bertz CT molecular complexity index is 374. The summed E-state index contributed by atoms with van der Waals surface area (Å²) in [7, 11) is 1.65. The quantitative estimate of drug-likeness (QED) is 0.581. The molecule has 0 aliphatic rings. The van der Waals surface area contributed by atoms with E-state index in [1.165, 1.54) is 6.07 Å². The predicted molar refractivity (Wildman–Crippen MR) is 66.8 cm³/mol. The highest BCUT2D eigenvalue weighted by Gasteiger charge is 2.13. The lowest BCUT2D eigenvalue weighted by molar-refractivity contribution is 0.149. The van der Waals surface area contributed by atoms with Crippen LogP contribution in [0.25, 0.3) is 0 Å². The van der Waals surface area contributed by atoms with E-state index in [0.29, 0.717) is 18.9 Å². The second-order valence-corrected chi connectivity index (χ2v) is 4.61. The van der Waals surface area contributed by atoms with Crippen LogP contribution in [0.1, 0.15) is 18.9 Å². The summed E-state index contributed by atoms with van der Waals surface area (Å²) in [5.74, 6) is 4.17. The number of halogens is 2. The molecule has 0 heterocycles. The minimum Gasteiger partial charge on any atom is -0.384 e. The summed E-state index contributed by atoms with van der Waals surface area (Å²) in [4.78, 5) is 0. The van der Waals surface area contributed by atoms with Gasteiger partial charge in [0.25, 0.3) is 0 Å². The van der Waals surface area contributed by atoms with Crippen LogP contribution < -0.4 is 11.3 Å². The number of hydrazine groups is 1. The highest BCUT2D eigenvalue weighted by atomic mass is 19.2. The van der Waals surface area contributed by atoms with E-state index < -0.39 is 11.6 Å². The van der Waals surface area contributed by atoms with Gasteiger partial charge in [-0.25, -0.2) is 8.78 Å². The molecule has 0 fully saturated rings. The number of hydrogen-bond acceptors (Lipinski definition) is 3. The van der Waals surface area contributed by atoms with Gasteiger partial charge in [-0.1, -0.05) is 13.0 Å². The fraction of sp³-hybridized carbons (Fsp3) is 0.538. The summed E-state index contributed by atoms with van der Waals surface area (Å²) in [6.07, 6.45) is 1.37. The van der Waals surface area contributed by atoms with Gasteiger partial charge in [0.05, 0.1) is 0 Å². The van der Waals surface area contributed by atoms with Crippen LogP contribution in [-0.4, -0.2) is 19.8 Å². The van der Waals surface area contributed by atoms with Crippen molar-refractivity contribution in [2.75, 3.05) is 13.7 Å². The van der Waals surface area contributed by atoms with E-state index in [0.717, 1.165) is 18.1 Å². The first-order valence-electron chi connectivity index (χ1n) is 5.95. The number of rotatable bonds is 7. The normalized spacial score (nSPS) is 14.5. The maximum Gasteiger partial charge on any atom is 0.159 e. The van der Waals surface area contributed by atoms with Crippen LogP contribution in [0.4, 0.5) is 8.78 Å². The van der Waals surface area contributed by atoms with Crippen molar-refractivity contribution in [3.8, 4) is 0 Å². The van der Waals surface area contributed by atoms with E-state index in [2.05, 4.69) is 12.3 Å². The second-order valence-electron chi connectivity index (χ2n) is 4.61. The van der Waals surface area contributed by atoms with Gasteiger partial charge in [-0.3, -0.25) is 11.3 Å². The van der Waals surface area contributed by atoms with E-state index in [4.69, 9.17) is 10.6 Å². The molecule has 3 nitrogen and oxygen atoms in total. The van der Waals surface area contributed by atoms with Crippen molar-refractivity contribution < 1.29 is 13.5 Å². The van der Waals surface area contributed by atoms with E-state index >= 15 is 0 Å². The highest BCUT2D eigenvalue weighted by Crippen LogP contribution is 2.14. The fourth-order valence-corrected chi connectivity index (χ4v) is 2.00. The Labute approximate surface area is 106 Å². The number of nitrogens with one attached hydrogen (secondary N) is 1. The molecule has 5 heteroatoms. The summed E-state index contributed by atoms with van der Waals surface area (Å²) in [5, 5.41) is 0. The van der Waals surface area contributed by atoms with Crippen molar-refractivity contribution in [3.63, 3.8) is 0 Å². The topological polar surface area (TPSA) is 47.3 Å². The average molecular weight is 258 g/mol. The molecular weight excluding hydrogens is 238 g/mol. The third-order valence-electron chi connectivity index (χ3n) is 2.84. The van der Waals surface area contributed by atoms with Crippen molar-refractivity contribution in [1.29, 1.82) is 0 Å². The van der Waals surface area contributed by atoms with Gasteiger partial charge in [0, 0.05) is 19.8 Å². The van der Waals surface area contributed by atoms with Crippen molar-refractivity contribution in [3.05, 3.63) is 35.4 Å². The summed E-state index contributed by atoms with van der Waals surface area (Å²) in [5.41, 5.74) is 3.43. The van der Waals surface area contributed by atoms with Crippen LogP contribution >= 0.6 is 0 Å².